The second-order valence-corrected chi connectivity index (χ2v) is 8.81. The number of aromatic amines is 1. The van der Waals surface area contributed by atoms with Crippen LogP contribution >= 0.6 is 0 Å². The molecular weight excluding hydrogens is 457 g/mol. The van der Waals surface area contributed by atoms with Crippen LogP contribution in [0.15, 0.2) is 41.3 Å². The fourth-order valence-electron chi connectivity index (χ4n) is 2.71. The van der Waals surface area contributed by atoms with Crippen LogP contribution in [0.3, 0.4) is 0 Å². The largest absolute Gasteiger partial charge is 0.598 e. The minimum absolute atomic E-state index is 0.0159. The lowest BCUT2D eigenvalue weighted by molar-refractivity contribution is -0.137. The highest BCUT2D eigenvalue weighted by atomic mass is 32.2. The maximum Gasteiger partial charge on any atom is 0.416 e. The van der Waals surface area contributed by atoms with Gasteiger partial charge in [0.15, 0.2) is 5.82 Å². The molecule has 2 heterocycles. The summed E-state index contributed by atoms with van der Waals surface area (Å²) in [4.78, 5) is 18.4. The van der Waals surface area contributed by atoms with E-state index >= 15 is 0 Å². The second-order valence-electron chi connectivity index (χ2n) is 6.98. The van der Waals surface area contributed by atoms with Crippen molar-refractivity contribution in [2.24, 2.45) is 0 Å². The van der Waals surface area contributed by atoms with E-state index in [1.54, 1.807) is 13.8 Å². The van der Waals surface area contributed by atoms with Gasteiger partial charge in [-0.05, 0) is 49.7 Å². The minimum Gasteiger partial charge on any atom is -0.598 e. The molecule has 7 nitrogen and oxygen atoms in total. The number of H-pyrrole nitrogens is 1. The zero-order chi connectivity index (χ0) is 23.6. The molecule has 0 saturated heterocycles. The molecule has 0 aliphatic heterocycles. The Balaban J connectivity index is 1.97. The number of nitrogens with one attached hydrogen (secondary N) is 2. The lowest BCUT2D eigenvalue weighted by Crippen LogP contribution is -2.30. The van der Waals surface area contributed by atoms with Crippen molar-refractivity contribution in [3.8, 4) is 17.1 Å². The molecule has 1 atom stereocenters. The predicted molar refractivity (Wildman–Crippen MR) is 107 cm³/mol. The summed E-state index contributed by atoms with van der Waals surface area (Å²) in [5, 5.41) is 3.80. The van der Waals surface area contributed by atoms with Gasteiger partial charge in [0.1, 0.15) is 10.9 Å². The van der Waals surface area contributed by atoms with Gasteiger partial charge in [-0.25, -0.2) is 13.6 Å². The fraction of sp³-hybridized carbons (Fsp3) is 0.316. The Morgan fingerprint density at radius 1 is 1.22 bits per heavy atom. The number of aromatic nitrogens is 4. The van der Waals surface area contributed by atoms with Gasteiger partial charge < -0.3 is 4.55 Å². The van der Waals surface area contributed by atoms with E-state index in [1.165, 1.54) is 12.3 Å². The summed E-state index contributed by atoms with van der Waals surface area (Å²) in [5.74, 6) is -0.232. The summed E-state index contributed by atoms with van der Waals surface area (Å²) < 4.78 is 80.6. The number of alkyl halides is 5. The zero-order valence-corrected chi connectivity index (χ0v) is 17.6. The molecule has 172 valence electrons. The monoisotopic (exact) mass is 475 g/mol. The highest BCUT2D eigenvalue weighted by Gasteiger charge is 2.30. The first-order chi connectivity index (χ1) is 15.0. The Bertz CT molecular complexity index is 1130. The molecule has 1 unspecified atom stereocenters. The quantitative estimate of drug-likeness (QED) is 0.401. The van der Waals surface area contributed by atoms with Crippen LogP contribution in [0.4, 0.5) is 22.0 Å². The number of nitrogens with zero attached hydrogens (tertiary/aromatic N) is 3. The summed E-state index contributed by atoms with van der Waals surface area (Å²) >= 11 is -1.35. The maximum atomic E-state index is 13.5. The van der Waals surface area contributed by atoms with Gasteiger partial charge in [0.05, 0.1) is 17.8 Å². The molecule has 0 spiro atoms. The second kappa shape index (κ2) is 9.38. The van der Waals surface area contributed by atoms with Gasteiger partial charge in [0.2, 0.25) is 0 Å². The van der Waals surface area contributed by atoms with Crippen molar-refractivity contribution in [3.05, 3.63) is 63.8 Å². The lowest BCUT2D eigenvalue weighted by Gasteiger charge is -2.15. The van der Waals surface area contributed by atoms with Crippen molar-refractivity contribution >= 4 is 11.4 Å². The Morgan fingerprint density at radius 2 is 1.88 bits per heavy atom. The number of pyridine rings is 1. The van der Waals surface area contributed by atoms with Crippen LogP contribution in [0, 0.1) is 0 Å². The topological polar surface area (TPSA) is 98.7 Å². The van der Waals surface area contributed by atoms with Gasteiger partial charge in [-0.1, -0.05) is 0 Å². The summed E-state index contributed by atoms with van der Waals surface area (Å²) in [5.41, 5.74) is -2.09. The highest BCUT2D eigenvalue weighted by Crippen LogP contribution is 2.30. The molecule has 0 saturated carbocycles. The third-order valence-electron chi connectivity index (χ3n) is 4.34. The van der Waals surface area contributed by atoms with Crippen molar-refractivity contribution in [2.45, 2.75) is 38.2 Å². The average molecular weight is 475 g/mol. The normalized spacial score (nSPS) is 13.2. The smallest absolute Gasteiger partial charge is 0.416 e. The number of halogens is 5. The molecular formula is C19H18F5N5O2S. The fourth-order valence-corrected chi connectivity index (χ4v) is 3.35. The first-order valence-electron chi connectivity index (χ1n) is 9.25. The molecule has 0 bridgehead atoms. The molecule has 32 heavy (non-hydrogen) atoms. The molecule has 0 radical (unpaired) electrons. The standard InChI is InChI=1S/C19H18F5N5O2S/c1-10(2)32(31)26-9-11-7-14(15(16(20)21)25-8-11)17-27-18(30)29(28-17)13-5-3-12(4-6-13)19(22,23)24/h3-8,10,16,26H,9H2,1-2H3,(H,27,28,30). The molecule has 2 N–H and O–H groups in total. The minimum atomic E-state index is -4.55. The first-order valence-corrected chi connectivity index (χ1v) is 10.5. The summed E-state index contributed by atoms with van der Waals surface area (Å²) in [6.45, 7) is 3.55. The molecule has 0 fully saturated rings. The summed E-state index contributed by atoms with van der Waals surface area (Å²) in [6.07, 6.45) is -6.33. The van der Waals surface area contributed by atoms with E-state index in [-0.39, 0.29) is 28.9 Å². The van der Waals surface area contributed by atoms with Crippen LogP contribution in [0.25, 0.3) is 17.1 Å². The van der Waals surface area contributed by atoms with Crippen molar-refractivity contribution < 1.29 is 26.5 Å². The van der Waals surface area contributed by atoms with E-state index in [1.807, 2.05) is 0 Å². The van der Waals surface area contributed by atoms with Crippen molar-refractivity contribution in [1.29, 1.82) is 0 Å². The number of benzene rings is 1. The van der Waals surface area contributed by atoms with Gasteiger partial charge in [0.25, 0.3) is 6.43 Å². The van der Waals surface area contributed by atoms with Crippen molar-refractivity contribution in [2.75, 3.05) is 0 Å². The molecule has 0 aliphatic carbocycles. The Hall–Kier alpha value is -2.77. The van der Waals surface area contributed by atoms with E-state index in [0.717, 1.165) is 28.9 Å². The first kappa shape index (κ1) is 23.9. The van der Waals surface area contributed by atoms with Crippen LogP contribution < -0.4 is 10.4 Å². The third-order valence-corrected chi connectivity index (χ3v) is 5.63. The van der Waals surface area contributed by atoms with Crippen LogP contribution in [0.2, 0.25) is 0 Å². The van der Waals surface area contributed by atoms with Crippen molar-refractivity contribution in [1.82, 2.24) is 24.5 Å². The van der Waals surface area contributed by atoms with Gasteiger partial charge in [-0.2, -0.15) is 17.9 Å². The maximum absolute atomic E-state index is 13.5. The molecule has 1 aromatic carbocycles. The van der Waals surface area contributed by atoms with E-state index in [0.29, 0.717) is 5.56 Å². The van der Waals surface area contributed by atoms with E-state index in [4.69, 9.17) is 0 Å². The zero-order valence-electron chi connectivity index (χ0n) is 16.8. The van der Waals surface area contributed by atoms with E-state index in [9.17, 15) is 31.3 Å². The Morgan fingerprint density at radius 3 is 2.44 bits per heavy atom. The molecule has 3 aromatic rings. The number of hydrogen-bond acceptors (Lipinski definition) is 5. The summed E-state index contributed by atoms with van der Waals surface area (Å²) in [6, 6.07) is 4.98. The van der Waals surface area contributed by atoms with Gasteiger partial charge >= 0.3 is 11.9 Å². The molecule has 0 amide bonds. The van der Waals surface area contributed by atoms with Crippen LogP contribution in [-0.2, 0) is 24.1 Å². The van der Waals surface area contributed by atoms with Crippen molar-refractivity contribution in [3.63, 3.8) is 0 Å². The molecule has 13 heteroatoms. The Labute approximate surface area is 182 Å². The SMILES string of the molecule is CC(C)[S+]([O-])NCc1cnc(C(F)F)c(-c2nn(-c3ccc(C(F)(F)F)cc3)c(=O)[nH]2)c1. The van der Waals surface area contributed by atoms with Crippen LogP contribution in [0.1, 0.15) is 37.1 Å². The number of rotatable bonds is 7. The average Bonchev–Trinajstić information content (AvgIpc) is 3.12. The summed E-state index contributed by atoms with van der Waals surface area (Å²) in [7, 11) is 0. The van der Waals surface area contributed by atoms with E-state index < -0.39 is 40.9 Å². The molecule has 2 aromatic heterocycles. The molecule has 3 rings (SSSR count). The van der Waals surface area contributed by atoms with Gasteiger partial charge in [-0.15, -0.1) is 9.82 Å². The van der Waals surface area contributed by atoms with Crippen LogP contribution in [0.5, 0.6) is 0 Å². The van der Waals surface area contributed by atoms with E-state index in [2.05, 4.69) is 19.8 Å². The van der Waals surface area contributed by atoms with Gasteiger partial charge in [-0.3, -0.25) is 9.97 Å². The predicted octanol–water partition coefficient (Wildman–Crippen LogP) is 3.74. The Kier molecular flexibility index (Phi) is 7.00. The lowest BCUT2D eigenvalue weighted by atomic mass is 10.1. The number of hydrogen-bond donors (Lipinski definition) is 2. The van der Waals surface area contributed by atoms with Gasteiger partial charge in [0, 0.05) is 23.1 Å². The highest BCUT2D eigenvalue weighted by molar-refractivity contribution is 7.90. The van der Waals surface area contributed by atoms with Crippen LogP contribution in [-0.4, -0.2) is 29.6 Å². The third kappa shape index (κ3) is 5.34. The molecule has 0 aliphatic rings.